The van der Waals surface area contributed by atoms with Crippen LogP contribution in [0.3, 0.4) is 0 Å². The van der Waals surface area contributed by atoms with Gasteiger partial charge in [-0.05, 0) is 67.1 Å². The minimum Gasteiger partial charge on any atom is -0.497 e. The molecule has 1 aromatic heterocycles. The highest BCUT2D eigenvalue weighted by atomic mass is 19.1. The van der Waals surface area contributed by atoms with E-state index in [9.17, 15) is 9.18 Å². The molecule has 1 N–H and O–H groups in total. The highest BCUT2D eigenvalue weighted by Gasteiger charge is 2.11. The van der Waals surface area contributed by atoms with Crippen LogP contribution in [0, 0.1) is 5.82 Å². The Hall–Kier alpha value is -3.87. The van der Waals surface area contributed by atoms with Crippen LogP contribution in [0.1, 0.15) is 22.6 Å². The third-order valence-electron chi connectivity index (χ3n) is 5.35. The molecule has 170 valence electrons. The SMILES string of the molecule is COc1ccc(OCCn2c(CCCNC(=O)c3ccc(F)cc3)nc3ccccc32)cc1. The number of nitrogens with one attached hydrogen (secondary N) is 1. The smallest absolute Gasteiger partial charge is 0.251 e. The first kappa shape index (κ1) is 22.3. The van der Waals surface area contributed by atoms with Gasteiger partial charge in [0.2, 0.25) is 0 Å². The molecule has 33 heavy (non-hydrogen) atoms. The molecule has 0 saturated carbocycles. The first-order valence-electron chi connectivity index (χ1n) is 10.9. The minimum absolute atomic E-state index is 0.212. The molecule has 3 aromatic carbocycles. The second-order valence-corrected chi connectivity index (χ2v) is 7.56. The van der Waals surface area contributed by atoms with Gasteiger partial charge in [0.1, 0.15) is 29.7 Å². The normalized spacial score (nSPS) is 10.8. The number of carbonyl (C=O) groups is 1. The molecule has 0 aliphatic rings. The number of aromatic nitrogens is 2. The molecule has 0 unspecified atom stereocenters. The first-order chi connectivity index (χ1) is 16.1. The second kappa shape index (κ2) is 10.6. The summed E-state index contributed by atoms with van der Waals surface area (Å²) in [4.78, 5) is 17.0. The Morgan fingerprint density at radius 3 is 2.48 bits per heavy atom. The van der Waals surface area contributed by atoms with Crippen molar-refractivity contribution in [3.8, 4) is 11.5 Å². The Kier molecular flexibility index (Phi) is 7.19. The van der Waals surface area contributed by atoms with Gasteiger partial charge in [-0.25, -0.2) is 9.37 Å². The van der Waals surface area contributed by atoms with Crippen LogP contribution >= 0.6 is 0 Å². The Balaban J connectivity index is 1.35. The van der Waals surface area contributed by atoms with Crippen LogP contribution in [0.25, 0.3) is 11.0 Å². The number of nitrogens with zero attached hydrogens (tertiary/aromatic N) is 2. The van der Waals surface area contributed by atoms with E-state index in [-0.39, 0.29) is 11.7 Å². The Morgan fingerprint density at radius 2 is 1.73 bits per heavy atom. The van der Waals surface area contributed by atoms with Gasteiger partial charge in [-0.2, -0.15) is 0 Å². The Morgan fingerprint density at radius 1 is 1.00 bits per heavy atom. The van der Waals surface area contributed by atoms with Gasteiger partial charge in [0.05, 0.1) is 24.7 Å². The van der Waals surface area contributed by atoms with Crippen LogP contribution in [-0.2, 0) is 13.0 Å². The predicted octanol–water partition coefficient (Wildman–Crippen LogP) is 4.63. The van der Waals surface area contributed by atoms with Gasteiger partial charge in [0.25, 0.3) is 5.91 Å². The molecule has 0 aliphatic carbocycles. The maximum atomic E-state index is 13.0. The zero-order valence-corrected chi connectivity index (χ0v) is 18.5. The molecule has 0 fully saturated rings. The number of methoxy groups -OCH3 is 1. The second-order valence-electron chi connectivity index (χ2n) is 7.56. The Labute approximate surface area is 192 Å². The van der Waals surface area contributed by atoms with Crippen LogP contribution in [0.5, 0.6) is 11.5 Å². The van der Waals surface area contributed by atoms with Crippen molar-refractivity contribution >= 4 is 16.9 Å². The van der Waals surface area contributed by atoms with E-state index in [1.807, 2.05) is 42.5 Å². The highest BCUT2D eigenvalue weighted by Crippen LogP contribution is 2.19. The fourth-order valence-electron chi connectivity index (χ4n) is 3.64. The number of para-hydroxylation sites is 2. The summed E-state index contributed by atoms with van der Waals surface area (Å²) >= 11 is 0. The lowest BCUT2D eigenvalue weighted by molar-refractivity contribution is 0.0953. The van der Waals surface area contributed by atoms with Crippen LogP contribution in [-0.4, -0.2) is 35.7 Å². The standard InChI is InChI=1S/C26H26FN3O3/c1-32-21-12-14-22(15-13-21)33-18-17-30-24-6-3-2-5-23(24)29-25(30)7-4-16-28-26(31)19-8-10-20(27)11-9-19/h2-3,5-6,8-15H,4,7,16-18H2,1H3,(H,28,31). The van der Waals surface area contributed by atoms with Crippen molar-refractivity contribution in [3.63, 3.8) is 0 Å². The summed E-state index contributed by atoms with van der Waals surface area (Å²) in [6.45, 7) is 1.66. The molecule has 4 aromatic rings. The molecule has 6 nitrogen and oxygen atoms in total. The molecule has 1 heterocycles. The molecule has 0 atom stereocenters. The van der Waals surface area contributed by atoms with Gasteiger partial charge in [0.15, 0.2) is 0 Å². The molecule has 0 bridgehead atoms. The van der Waals surface area contributed by atoms with E-state index < -0.39 is 0 Å². The van der Waals surface area contributed by atoms with Crippen molar-refractivity contribution in [3.05, 3.63) is 90.0 Å². The number of aryl methyl sites for hydroxylation is 1. The number of amides is 1. The van der Waals surface area contributed by atoms with Gasteiger partial charge in [-0.15, -0.1) is 0 Å². The lowest BCUT2D eigenvalue weighted by Crippen LogP contribution is -2.25. The maximum Gasteiger partial charge on any atom is 0.251 e. The summed E-state index contributed by atoms with van der Waals surface area (Å²) in [5, 5.41) is 2.88. The fourth-order valence-corrected chi connectivity index (χ4v) is 3.64. The van der Waals surface area contributed by atoms with E-state index in [0.717, 1.165) is 34.8 Å². The van der Waals surface area contributed by atoms with E-state index in [2.05, 4.69) is 16.0 Å². The van der Waals surface area contributed by atoms with Gasteiger partial charge in [-0.3, -0.25) is 4.79 Å². The zero-order valence-electron chi connectivity index (χ0n) is 18.5. The summed E-state index contributed by atoms with van der Waals surface area (Å²) < 4.78 is 26.3. The van der Waals surface area contributed by atoms with Crippen molar-refractivity contribution in [2.75, 3.05) is 20.3 Å². The molecule has 0 radical (unpaired) electrons. The zero-order chi connectivity index (χ0) is 23.0. The Bertz CT molecular complexity index is 1200. The van der Waals surface area contributed by atoms with Crippen LogP contribution in [0.4, 0.5) is 4.39 Å². The van der Waals surface area contributed by atoms with Gasteiger partial charge >= 0.3 is 0 Å². The monoisotopic (exact) mass is 447 g/mol. The molecule has 7 heteroatoms. The number of imidazole rings is 1. The number of benzene rings is 3. The number of ether oxygens (including phenoxy) is 2. The summed E-state index contributed by atoms with van der Waals surface area (Å²) in [6, 6.07) is 21.0. The third kappa shape index (κ3) is 5.68. The summed E-state index contributed by atoms with van der Waals surface area (Å²) in [6.07, 6.45) is 1.44. The average molecular weight is 448 g/mol. The van der Waals surface area contributed by atoms with E-state index in [1.54, 1.807) is 7.11 Å². The van der Waals surface area contributed by atoms with Crippen molar-refractivity contribution in [2.45, 2.75) is 19.4 Å². The molecule has 1 amide bonds. The third-order valence-corrected chi connectivity index (χ3v) is 5.35. The number of hydrogen-bond acceptors (Lipinski definition) is 4. The lowest BCUT2D eigenvalue weighted by Gasteiger charge is -2.11. The van der Waals surface area contributed by atoms with E-state index in [4.69, 9.17) is 14.5 Å². The van der Waals surface area contributed by atoms with Gasteiger partial charge < -0.3 is 19.4 Å². The highest BCUT2D eigenvalue weighted by molar-refractivity contribution is 5.94. The summed E-state index contributed by atoms with van der Waals surface area (Å²) in [7, 11) is 1.63. The van der Waals surface area contributed by atoms with Crippen LogP contribution in [0.15, 0.2) is 72.8 Å². The van der Waals surface area contributed by atoms with Crippen LogP contribution < -0.4 is 14.8 Å². The molecule has 0 spiro atoms. The number of fused-ring (bicyclic) bond motifs is 1. The number of rotatable bonds is 10. The van der Waals surface area contributed by atoms with Crippen molar-refractivity contribution in [1.29, 1.82) is 0 Å². The summed E-state index contributed by atoms with van der Waals surface area (Å²) in [5.74, 6) is 1.95. The molecule has 0 aliphatic heterocycles. The van der Waals surface area contributed by atoms with Gasteiger partial charge in [0, 0.05) is 18.5 Å². The maximum absolute atomic E-state index is 13.0. The number of halogens is 1. The number of hydrogen-bond donors (Lipinski definition) is 1. The predicted molar refractivity (Wildman–Crippen MR) is 125 cm³/mol. The van der Waals surface area contributed by atoms with E-state index in [1.165, 1.54) is 24.3 Å². The molecule has 4 rings (SSSR count). The number of carbonyl (C=O) groups excluding carboxylic acids is 1. The fraction of sp³-hybridized carbons (Fsp3) is 0.231. The molecule has 0 saturated heterocycles. The van der Waals surface area contributed by atoms with E-state index >= 15 is 0 Å². The topological polar surface area (TPSA) is 65.4 Å². The van der Waals surface area contributed by atoms with Crippen LogP contribution in [0.2, 0.25) is 0 Å². The first-order valence-corrected chi connectivity index (χ1v) is 10.9. The largest absolute Gasteiger partial charge is 0.497 e. The van der Waals surface area contributed by atoms with E-state index in [0.29, 0.717) is 31.7 Å². The van der Waals surface area contributed by atoms with Crippen molar-refractivity contribution in [1.82, 2.24) is 14.9 Å². The molecular weight excluding hydrogens is 421 g/mol. The lowest BCUT2D eigenvalue weighted by atomic mass is 10.2. The average Bonchev–Trinajstić information content (AvgIpc) is 3.20. The molecular formula is C26H26FN3O3. The van der Waals surface area contributed by atoms with Gasteiger partial charge in [-0.1, -0.05) is 12.1 Å². The quantitative estimate of drug-likeness (QED) is 0.360. The van der Waals surface area contributed by atoms with Crippen molar-refractivity contribution < 1.29 is 18.7 Å². The van der Waals surface area contributed by atoms with Crippen molar-refractivity contribution in [2.24, 2.45) is 0 Å². The summed E-state index contributed by atoms with van der Waals surface area (Å²) in [5.41, 5.74) is 2.44. The minimum atomic E-state index is -0.360.